The first kappa shape index (κ1) is 22.6. The number of rotatable bonds is 6. The Morgan fingerprint density at radius 1 is 1.12 bits per heavy atom. The number of nitrogens with zero attached hydrogens (tertiary/aromatic N) is 2. The number of anilines is 2. The second-order valence-electron chi connectivity index (χ2n) is 8.56. The number of esters is 1. The first-order valence-electron chi connectivity index (χ1n) is 11.1. The number of methoxy groups -OCH3 is 2. The molecular formula is C24H31N3O4S. The summed E-state index contributed by atoms with van der Waals surface area (Å²) in [6.07, 6.45) is 2.87. The molecule has 172 valence electrons. The van der Waals surface area contributed by atoms with Gasteiger partial charge in [0.1, 0.15) is 10.8 Å². The van der Waals surface area contributed by atoms with E-state index in [0.29, 0.717) is 23.0 Å². The summed E-state index contributed by atoms with van der Waals surface area (Å²) in [6, 6.07) is 8.06. The summed E-state index contributed by atoms with van der Waals surface area (Å²) >= 11 is 1.53. The molecule has 0 radical (unpaired) electrons. The number of amides is 1. The Bertz CT molecular complexity index is 964. The quantitative estimate of drug-likeness (QED) is 0.671. The molecule has 0 saturated carbocycles. The molecule has 1 aliphatic heterocycles. The van der Waals surface area contributed by atoms with Crippen LogP contribution >= 0.6 is 11.3 Å². The van der Waals surface area contributed by atoms with Gasteiger partial charge in [-0.3, -0.25) is 9.69 Å². The number of ether oxygens (including phenoxy) is 2. The molecule has 1 fully saturated rings. The van der Waals surface area contributed by atoms with Gasteiger partial charge in [-0.2, -0.15) is 0 Å². The van der Waals surface area contributed by atoms with Crippen molar-refractivity contribution in [2.75, 3.05) is 57.2 Å². The van der Waals surface area contributed by atoms with Gasteiger partial charge in [0, 0.05) is 36.7 Å². The molecule has 32 heavy (non-hydrogen) atoms. The van der Waals surface area contributed by atoms with Crippen molar-refractivity contribution in [3.05, 3.63) is 40.3 Å². The number of carbonyl (C=O) groups is 2. The Morgan fingerprint density at radius 2 is 1.84 bits per heavy atom. The molecule has 7 nitrogen and oxygen atoms in total. The van der Waals surface area contributed by atoms with Gasteiger partial charge in [0.25, 0.3) is 0 Å². The lowest BCUT2D eigenvalue weighted by Gasteiger charge is -2.35. The van der Waals surface area contributed by atoms with E-state index in [1.807, 2.05) is 12.1 Å². The molecule has 1 atom stereocenters. The lowest BCUT2D eigenvalue weighted by atomic mass is 9.88. The zero-order valence-electron chi connectivity index (χ0n) is 19.0. The minimum absolute atomic E-state index is 0.0836. The van der Waals surface area contributed by atoms with Crippen LogP contribution in [0.25, 0.3) is 0 Å². The average molecular weight is 458 g/mol. The van der Waals surface area contributed by atoms with E-state index in [-0.39, 0.29) is 11.9 Å². The van der Waals surface area contributed by atoms with Crippen LogP contribution in [-0.2, 0) is 22.4 Å². The number of carbonyl (C=O) groups excluding carboxylic acids is 2. The van der Waals surface area contributed by atoms with E-state index < -0.39 is 0 Å². The molecule has 8 heteroatoms. The molecule has 1 aromatic carbocycles. The summed E-state index contributed by atoms with van der Waals surface area (Å²) in [5.74, 6) is 0.998. The highest BCUT2D eigenvalue weighted by Crippen LogP contribution is 2.40. The molecule has 1 saturated heterocycles. The highest BCUT2D eigenvalue weighted by atomic mass is 32.1. The molecule has 1 unspecified atom stereocenters. The smallest absolute Gasteiger partial charge is 0.341 e. The summed E-state index contributed by atoms with van der Waals surface area (Å²) < 4.78 is 10.2. The van der Waals surface area contributed by atoms with Crippen molar-refractivity contribution in [1.29, 1.82) is 0 Å². The molecule has 1 amide bonds. The molecule has 2 aliphatic rings. The second kappa shape index (κ2) is 9.92. The maximum absolute atomic E-state index is 12.8. The Morgan fingerprint density at radius 3 is 2.50 bits per heavy atom. The molecule has 1 aliphatic carbocycles. The van der Waals surface area contributed by atoms with Gasteiger partial charge in [-0.05, 0) is 55.0 Å². The van der Waals surface area contributed by atoms with Crippen LogP contribution in [0.15, 0.2) is 24.3 Å². The van der Waals surface area contributed by atoms with Gasteiger partial charge in [-0.25, -0.2) is 4.79 Å². The Hall–Kier alpha value is -2.58. The van der Waals surface area contributed by atoms with E-state index in [0.717, 1.165) is 62.4 Å². The molecule has 0 spiro atoms. The number of thiophene rings is 1. The maximum atomic E-state index is 12.8. The van der Waals surface area contributed by atoms with Crippen LogP contribution in [0.2, 0.25) is 0 Å². The van der Waals surface area contributed by atoms with Gasteiger partial charge in [-0.15, -0.1) is 11.3 Å². The standard InChI is InChI=1S/C24H31N3O4S/c1-16-4-9-19-20(14-16)32-23(22(19)24(29)31-3)25-21(28)15-26-10-12-27(13-11-26)17-5-7-18(30-2)8-6-17/h5-8,16H,4,9-15H2,1-3H3,(H,25,28). The van der Waals surface area contributed by atoms with Crippen LogP contribution in [0.4, 0.5) is 10.7 Å². The summed E-state index contributed by atoms with van der Waals surface area (Å²) in [4.78, 5) is 30.9. The van der Waals surface area contributed by atoms with E-state index in [2.05, 4.69) is 34.2 Å². The number of piperazine rings is 1. The number of fused-ring (bicyclic) bond motifs is 1. The highest BCUT2D eigenvalue weighted by molar-refractivity contribution is 7.17. The topological polar surface area (TPSA) is 71.1 Å². The number of nitrogens with one attached hydrogen (secondary N) is 1. The van der Waals surface area contributed by atoms with Gasteiger partial charge < -0.3 is 19.7 Å². The van der Waals surface area contributed by atoms with Crippen molar-refractivity contribution in [1.82, 2.24) is 4.90 Å². The van der Waals surface area contributed by atoms with Crippen molar-refractivity contribution in [3.63, 3.8) is 0 Å². The van der Waals surface area contributed by atoms with Crippen LogP contribution in [0.5, 0.6) is 5.75 Å². The zero-order valence-corrected chi connectivity index (χ0v) is 19.8. The van der Waals surface area contributed by atoms with Crippen LogP contribution in [0.3, 0.4) is 0 Å². The maximum Gasteiger partial charge on any atom is 0.341 e. The number of hydrogen-bond acceptors (Lipinski definition) is 7. The fourth-order valence-electron chi connectivity index (χ4n) is 4.48. The molecule has 2 heterocycles. The molecule has 0 bridgehead atoms. The van der Waals surface area contributed by atoms with Crippen molar-refractivity contribution in [3.8, 4) is 5.75 Å². The van der Waals surface area contributed by atoms with E-state index in [4.69, 9.17) is 9.47 Å². The molecule has 4 rings (SSSR count). The van der Waals surface area contributed by atoms with Gasteiger partial charge >= 0.3 is 5.97 Å². The summed E-state index contributed by atoms with van der Waals surface area (Å²) in [6.45, 7) is 5.88. The van der Waals surface area contributed by atoms with Crippen LogP contribution < -0.4 is 15.0 Å². The SMILES string of the molecule is COC(=O)c1c(NC(=O)CN2CCN(c3ccc(OC)cc3)CC2)sc2c1CCC(C)C2. The number of hydrogen-bond donors (Lipinski definition) is 1. The minimum atomic E-state index is -0.361. The molecule has 2 aromatic rings. The normalized spacial score (nSPS) is 18.7. The van der Waals surface area contributed by atoms with Crippen LogP contribution in [0.1, 0.15) is 34.1 Å². The van der Waals surface area contributed by atoms with E-state index in [1.165, 1.54) is 23.3 Å². The van der Waals surface area contributed by atoms with Crippen molar-refractivity contribution in [2.45, 2.75) is 26.2 Å². The fraction of sp³-hybridized carbons (Fsp3) is 0.500. The minimum Gasteiger partial charge on any atom is -0.497 e. The lowest BCUT2D eigenvalue weighted by molar-refractivity contribution is -0.117. The van der Waals surface area contributed by atoms with Gasteiger partial charge in [-0.1, -0.05) is 6.92 Å². The van der Waals surface area contributed by atoms with E-state index in [1.54, 1.807) is 7.11 Å². The van der Waals surface area contributed by atoms with Crippen molar-refractivity contribution < 1.29 is 19.1 Å². The second-order valence-corrected chi connectivity index (χ2v) is 9.66. The summed E-state index contributed by atoms with van der Waals surface area (Å²) in [5.41, 5.74) is 2.77. The van der Waals surface area contributed by atoms with Crippen LogP contribution in [0, 0.1) is 5.92 Å². The highest BCUT2D eigenvalue weighted by Gasteiger charge is 2.29. The summed E-state index contributed by atoms with van der Waals surface area (Å²) in [7, 11) is 3.06. The van der Waals surface area contributed by atoms with Crippen molar-refractivity contribution in [2.24, 2.45) is 5.92 Å². The third-order valence-corrected chi connectivity index (χ3v) is 7.50. The predicted molar refractivity (Wildman–Crippen MR) is 127 cm³/mol. The molecular weight excluding hydrogens is 426 g/mol. The largest absolute Gasteiger partial charge is 0.497 e. The van der Waals surface area contributed by atoms with Gasteiger partial charge in [0.15, 0.2) is 0 Å². The predicted octanol–water partition coefficient (Wildman–Crippen LogP) is 3.43. The Balaban J connectivity index is 1.36. The molecule has 1 aromatic heterocycles. The first-order chi connectivity index (χ1) is 15.5. The lowest BCUT2D eigenvalue weighted by Crippen LogP contribution is -2.48. The van der Waals surface area contributed by atoms with Crippen molar-refractivity contribution >= 4 is 33.9 Å². The zero-order chi connectivity index (χ0) is 22.7. The van der Waals surface area contributed by atoms with E-state index >= 15 is 0 Å². The van der Waals surface area contributed by atoms with Gasteiger partial charge in [0.05, 0.1) is 26.3 Å². The third-order valence-electron chi connectivity index (χ3n) is 6.33. The Labute approximate surface area is 193 Å². The molecule has 1 N–H and O–H groups in total. The Kier molecular flexibility index (Phi) is 7.01. The monoisotopic (exact) mass is 457 g/mol. The van der Waals surface area contributed by atoms with Gasteiger partial charge in [0.2, 0.25) is 5.91 Å². The third kappa shape index (κ3) is 4.91. The number of benzene rings is 1. The first-order valence-corrected chi connectivity index (χ1v) is 11.9. The van der Waals surface area contributed by atoms with E-state index in [9.17, 15) is 9.59 Å². The fourth-order valence-corrected chi connectivity index (χ4v) is 5.90. The summed E-state index contributed by atoms with van der Waals surface area (Å²) in [5, 5.41) is 3.65. The average Bonchev–Trinajstić information content (AvgIpc) is 3.15. The van der Waals surface area contributed by atoms with Crippen LogP contribution in [-0.4, -0.2) is 63.7 Å².